The fourth-order valence-electron chi connectivity index (χ4n) is 1.46. The molecule has 0 aliphatic carbocycles. The molecule has 2 aromatic rings. The van der Waals surface area contributed by atoms with Crippen LogP contribution in [0.5, 0.6) is 11.5 Å². The molecule has 0 unspecified atom stereocenters. The molecule has 0 amide bonds. The third-order valence-corrected chi connectivity index (χ3v) is 2.36. The summed E-state index contributed by atoms with van der Waals surface area (Å²) in [5.74, 6) is 0.519. The highest BCUT2D eigenvalue weighted by Gasteiger charge is 2.10. The van der Waals surface area contributed by atoms with E-state index in [9.17, 15) is 4.79 Å². The molecule has 5 nitrogen and oxygen atoms in total. The number of carbonyl (C=O) groups is 1. The Bertz CT molecular complexity index is 530. The summed E-state index contributed by atoms with van der Waals surface area (Å²) in [6, 6.07) is 7.99. The van der Waals surface area contributed by atoms with Gasteiger partial charge in [0.2, 0.25) is 0 Å². The van der Waals surface area contributed by atoms with E-state index in [0.29, 0.717) is 17.3 Å². The van der Waals surface area contributed by atoms with Gasteiger partial charge in [0.15, 0.2) is 11.5 Å². The zero-order valence-corrected chi connectivity index (χ0v) is 9.75. The van der Waals surface area contributed by atoms with Crippen LogP contribution in [0, 0.1) is 0 Å². The summed E-state index contributed by atoms with van der Waals surface area (Å²) < 4.78 is 15.7. The van der Waals surface area contributed by atoms with Crippen molar-refractivity contribution < 1.29 is 23.8 Å². The van der Waals surface area contributed by atoms with Gasteiger partial charge in [0, 0.05) is 0 Å². The van der Waals surface area contributed by atoms with Gasteiger partial charge in [-0.25, -0.2) is 4.79 Å². The summed E-state index contributed by atoms with van der Waals surface area (Å²) in [5, 5.41) is 8.86. The molecule has 2 rings (SSSR count). The Morgan fingerprint density at radius 1 is 1.33 bits per heavy atom. The number of rotatable bonds is 5. The number of benzene rings is 1. The van der Waals surface area contributed by atoms with Crippen molar-refractivity contribution in [2.45, 2.75) is 6.61 Å². The van der Waals surface area contributed by atoms with Crippen molar-refractivity contribution in [3.63, 3.8) is 0 Å². The Kier molecular flexibility index (Phi) is 3.52. The largest absolute Gasteiger partial charge is 0.493 e. The fourth-order valence-corrected chi connectivity index (χ4v) is 1.46. The maximum atomic E-state index is 10.8. The quantitative estimate of drug-likeness (QED) is 0.880. The van der Waals surface area contributed by atoms with Crippen LogP contribution in [-0.4, -0.2) is 18.2 Å². The lowest BCUT2D eigenvalue weighted by Gasteiger charge is -2.10. The van der Waals surface area contributed by atoms with Crippen molar-refractivity contribution in [3.8, 4) is 11.5 Å². The molecule has 0 fully saturated rings. The summed E-state index contributed by atoms with van der Waals surface area (Å²) >= 11 is 0. The number of carboxylic acid groups (broad SMARTS) is 1. The van der Waals surface area contributed by atoms with Gasteiger partial charge in [0.05, 0.1) is 18.9 Å². The maximum Gasteiger partial charge on any atom is 0.335 e. The second-order valence-electron chi connectivity index (χ2n) is 3.54. The molecular formula is C13H12O5. The van der Waals surface area contributed by atoms with Crippen LogP contribution in [0.25, 0.3) is 0 Å². The second-order valence-corrected chi connectivity index (χ2v) is 3.54. The first kappa shape index (κ1) is 12.0. The van der Waals surface area contributed by atoms with E-state index in [4.69, 9.17) is 19.0 Å². The average molecular weight is 248 g/mol. The minimum absolute atomic E-state index is 0.150. The van der Waals surface area contributed by atoms with Crippen LogP contribution >= 0.6 is 0 Å². The lowest BCUT2D eigenvalue weighted by atomic mass is 10.2. The van der Waals surface area contributed by atoms with Gasteiger partial charge < -0.3 is 19.0 Å². The topological polar surface area (TPSA) is 68.9 Å². The van der Waals surface area contributed by atoms with Gasteiger partial charge in [0.1, 0.15) is 12.4 Å². The second kappa shape index (κ2) is 5.27. The lowest BCUT2D eigenvalue weighted by Crippen LogP contribution is -2.00. The van der Waals surface area contributed by atoms with Crippen LogP contribution < -0.4 is 9.47 Å². The molecule has 0 radical (unpaired) electrons. The summed E-state index contributed by atoms with van der Waals surface area (Å²) in [6.45, 7) is 0.260. The fraction of sp³-hybridized carbons (Fsp3) is 0.154. The van der Waals surface area contributed by atoms with Crippen molar-refractivity contribution in [2.75, 3.05) is 7.11 Å². The highest BCUT2D eigenvalue weighted by Crippen LogP contribution is 2.28. The van der Waals surface area contributed by atoms with Crippen molar-refractivity contribution >= 4 is 5.97 Å². The van der Waals surface area contributed by atoms with Crippen LogP contribution in [0.2, 0.25) is 0 Å². The van der Waals surface area contributed by atoms with Crippen molar-refractivity contribution in [3.05, 3.63) is 47.9 Å². The summed E-state index contributed by atoms with van der Waals surface area (Å²) in [4.78, 5) is 10.8. The van der Waals surface area contributed by atoms with Crippen LogP contribution in [-0.2, 0) is 6.61 Å². The van der Waals surface area contributed by atoms with E-state index in [1.807, 2.05) is 0 Å². The van der Waals surface area contributed by atoms with Crippen LogP contribution in [0.1, 0.15) is 16.1 Å². The molecule has 1 aromatic heterocycles. The van der Waals surface area contributed by atoms with E-state index in [1.165, 1.54) is 19.2 Å². The van der Waals surface area contributed by atoms with Gasteiger partial charge in [-0.05, 0) is 30.3 Å². The highest BCUT2D eigenvalue weighted by atomic mass is 16.5. The smallest absolute Gasteiger partial charge is 0.335 e. The molecule has 0 saturated carbocycles. The van der Waals surface area contributed by atoms with Gasteiger partial charge in [-0.15, -0.1) is 0 Å². The zero-order valence-electron chi connectivity index (χ0n) is 9.75. The Balaban J connectivity index is 2.14. The molecule has 18 heavy (non-hydrogen) atoms. The SMILES string of the molecule is COc1cc(C(=O)O)ccc1OCc1ccco1. The van der Waals surface area contributed by atoms with Gasteiger partial charge in [-0.2, -0.15) is 0 Å². The number of hydrogen-bond donors (Lipinski definition) is 1. The molecule has 1 N–H and O–H groups in total. The van der Waals surface area contributed by atoms with E-state index in [1.54, 1.807) is 24.5 Å². The molecule has 0 spiro atoms. The molecule has 94 valence electrons. The van der Waals surface area contributed by atoms with E-state index < -0.39 is 5.97 Å². The summed E-state index contributed by atoms with van der Waals surface area (Å²) in [6.07, 6.45) is 1.56. The summed E-state index contributed by atoms with van der Waals surface area (Å²) in [5.41, 5.74) is 0.150. The van der Waals surface area contributed by atoms with Crippen molar-refractivity contribution in [1.82, 2.24) is 0 Å². The minimum Gasteiger partial charge on any atom is -0.493 e. The van der Waals surface area contributed by atoms with Crippen molar-refractivity contribution in [2.24, 2.45) is 0 Å². The van der Waals surface area contributed by atoms with E-state index in [0.717, 1.165) is 0 Å². The van der Waals surface area contributed by atoms with Crippen LogP contribution in [0.15, 0.2) is 41.0 Å². The first-order chi connectivity index (χ1) is 8.70. The third kappa shape index (κ3) is 2.63. The number of ether oxygens (including phenoxy) is 2. The number of furan rings is 1. The standard InChI is InChI=1S/C13H12O5/c1-16-12-7-9(13(14)15)4-5-11(12)18-8-10-3-2-6-17-10/h2-7H,8H2,1H3,(H,14,15). The highest BCUT2D eigenvalue weighted by molar-refractivity contribution is 5.88. The van der Waals surface area contributed by atoms with Crippen LogP contribution in [0.3, 0.4) is 0 Å². The molecule has 1 heterocycles. The monoisotopic (exact) mass is 248 g/mol. The first-order valence-electron chi connectivity index (χ1n) is 5.27. The van der Waals surface area contributed by atoms with E-state index >= 15 is 0 Å². The average Bonchev–Trinajstić information content (AvgIpc) is 2.89. The molecular weight excluding hydrogens is 236 g/mol. The predicted octanol–water partition coefficient (Wildman–Crippen LogP) is 2.57. The Labute approximate surface area is 104 Å². The van der Waals surface area contributed by atoms with E-state index in [2.05, 4.69) is 0 Å². The normalized spacial score (nSPS) is 10.1. The number of hydrogen-bond acceptors (Lipinski definition) is 4. The van der Waals surface area contributed by atoms with Gasteiger partial charge >= 0.3 is 5.97 Å². The molecule has 0 aliphatic rings. The molecule has 0 aliphatic heterocycles. The number of methoxy groups -OCH3 is 1. The van der Waals surface area contributed by atoms with E-state index in [-0.39, 0.29) is 12.2 Å². The number of aromatic carboxylic acids is 1. The Morgan fingerprint density at radius 2 is 2.17 bits per heavy atom. The van der Waals surface area contributed by atoms with Crippen LogP contribution in [0.4, 0.5) is 0 Å². The number of carboxylic acids is 1. The molecule has 1 aromatic carbocycles. The Morgan fingerprint density at radius 3 is 2.78 bits per heavy atom. The van der Waals surface area contributed by atoms with Gasteiger partial charge in [0.25, 0.3) is 0 Å². The lowest BCUT2D eigenvalue weighted by molar-refractivity contribution is 0.0696. The molecule has 5 heteroatoms. The molecule has 0 bridgehead atoms. The molecule has 0 atom stereocenters. The van der Waals surface area contributed by atoms with Gasteiger partial charge in [-0.1, -0.05) is 0 Å². The Hall–Kier alpha value is -2.43. The zero-order chi connectivity index (χ0) is 13.0. The minimum atomic E-state index is -1.01. The predicted molar refractivity (Wildman–Crippen MR) is 63.0 cm³/mol. The molecule has 0 saturated heterocycles. The first-order valence-corrected chi connectivity index (χ1v) is 5.27. The third-order valence-electron chi connectivity index (χ3n) is 2.36. The summed E-state index contributed by atoms with van der Waals surface area (Å²) in [7, 11) is 1.46. The van der Waals surface area contributed by atoms with Crippen molar-refractivity contribution in [1.29, 1.82) is 0 Å². The van der Waals surface area contributed by atoms with Gasteiger partial charge in [-0.3, -0.25) is 0 Å². The maximum absolute atomic E-state index is 10.8.